The monoisotopic (exact) mass is 436 g/mol. The minimum absolute atomic E-state index is 0.316. The number of amides is 2. The lowest BCUT2D eigenvalue weighted by Crippen LogP contribution is -2.36. The van der Waals surface area contributed by atoms with E-state index in [9.17, 15) is 28.1 Å². The third-order valence-electron chi connectivity index (χ3n) is 3.93. The van der Waals surface area contributed by atoms with Crippen molar-refractivity contribution in [3.63, 3.8) is 0 Å². The van der Waals surface area contributed by atoms with Crippen LogP contribution in [0.2, 0.25) is 0 Å². The maximum atomic E-state index is 12.0. The Hall–Kier alpha value is -3.51. The number of nitrogens with two attached hydrogens (primary N) is 1. The number of benzene rings is 2. The molecule has 4 N–H and O–H groups in total. The van der Waals surface area contributed by atoms with Crippen LogP contribution in [0.4, 0.5) is 11.4 Å². The van der Waals surface area contributed by atoms with E-state index in [2.05, 4.69) is 10.6 Å². The van der Waals surface area contributed by atoms with Crippen LogP contribution in [0.25, 0.3) is 0 Å². The van der Waals surface area contributed by atoms with Gasteiger partial charge in [-0.05, 0) is 30.2 Å². The van der Waals surface area contributed by atoms with Crippen molar-refractivity contribution in [3.8, 4) is 5.75 Å². The van der Waals surface area contributed by atoms with Gasteiger partial charge in [-0.15, -0.1) is 0 Å². The molecule has 2 aromatic carbocycles. The van der Waals surface area contributed by atoms with Crippen molar-refractivity contribution in [1.29, 1.82) is 0 Å². The van der Waals surface area contributed by atoms with Gasteiger partial charge in [-0.25, -0.2) is 13.6 Å². The summed E-state index contributed by atoms with van der Waals surface area (Å²) >= 11 is 0. The summed E-state index contributed by atoms with van der Waals surface area (Å²) in [5, 5.41) is 21.1. The lowest BCUT2D eigenvalue weighted by Gasteiger charge is -2.11. The Balaban J connectivity index is 1.93. The second-order valence-corrected chi connectivity index (χ2v) is 7.62. The Bertz CT molecular complexity index is 1070. The topological polar surface area (TPSA) is 171 Å². The molecule has 2 amide bonds. The maximum Gasteiger partial charge on any atom is 0.312 e. The van der Waals surface area contributed by atoms with Gasteiger partial charge < -0.3 is 15.4 Å². The molecule has 0 bridgehead atoms. The zero-order chi connectivity index (χ0) is 22.3. The number of aryl methyl sites for hydroxylation is 1. The number of nitrogens with one attached hydrogen (secondary N) is 2. The van der Waals surface area contributed by atoms with Gasteiger partial charge in [0.25, 0.3) is 5.91 Å². The van der Waals surface area contributed by atoms with Crippen LogP contribution < -0.4 is 20.5 Å². The number of nitro groups is 1. The first-order valence-electron chi connectivity index (χ1n) is 8.70. The summed E-state index contributed by atoms with van der Waals surface area (Å²) < 4.78 is 27.7. The smallest absolute Gasteiger partial charge is 0.312 e. The molecule has 12 heteroatoms. The van der Waals surface area contributed by atoms with Crippen LogP contribution in [-0.2, 0) is 26.0 Å². The first kappa shape index (κ1) is 22.8. The van der Waals surface area contributed by atoms with E-state index >= 15 is 0 Å². The summed E-state index contributed by atoms with van der Waals surface area (Å²) in [6.45, 7) is 1.000. The highest BCUT2D eigenvalue weighted by Crippen LogP contribution is 2.29. The van der Waals surface area contributed by atoms with Crippen molar-refractivity contribution in [2.45, 2.75) is 18.2 Å². The molecule has 2 aromatic rings. The largest absolute Gasteiger partial charge is 0.477 e. The second kappa shape index (κ2) is 9.80. The molecule has 30 heavy (non-hydrogen) atoms. The Morgan fingerprint density at radius 2 is 1.87 bits per heavy atom. The van der Waals surface area contributed by atoms with Gasteiger partial charge in [-0.2, -0.15) is 0 Å². The van der Waals surface area contributed by atoms with Crippen LogP contribution >= 0.6 is 0 Å². The number of ether oxygens (including phenoxy) is 1. The summed E-state index contributed by atoms with van der Waals surface area (Å²) in [4.78, 5) is 33.7. The Morgan fingerprint density at radius 1 is 1.17 bits per heavy atom. The molecule has 0 spiro atoms. The molecular weight excluding hydrogens is 416 g/mol. The average molecular weight is 436 g/mol. The van der Waals surface area contributed by atoms with E-state index < -0.39 is 44.0 Å². The number of nitro benzene ring substituents is 1. The molecule has 0 saturated heterocycles. The fraction of sp³-hybridized carbons (Fsp3) is 0.222. The molecule has 160 valence electrons. The molecule has 0 aliphatic carbocycles. The lowest BCUT2D eigenvalue weighted by molar-refractivity contribution is -0.386. The third-order valence-corrected chi connectivity index (χ3v) is 4.84. The molecule has 0 fully saturated rings. The maximum absolute atomic E-state index is 12.0. The fourth-order valence-electron chi connectivity index (χ4n) is 2.46. The zero-order valence-corrected chi connectivity index (χ0v) is 16.8. The molecule has 11 nitrogen and oxygen atoms in total. The van der Waals surface area contributed by atoms with Crippen LogP contribution in [0.3, 0.4) is 0 Å². The standard InChI is InChI=1S/C18H20N4O7S/c1-2-12-5-3-4-6-14(12)21-17(23)10-20-18(24)11-29-16-8-7-13(30(19,27)28)9-15(16)22(25)26/h3-9H,2,10-11H2,1H3,(H,20,24)(H,21,23)(H2,19,27,28). The van der Waals surface area contributed by atoms with Crippen molar-refractivity contribution in [1.82, 2.24) is 5.32 Å². The summed E-state index contributed by atoms with van der Waals surface area (Å²) in [7, 11) is -4.14. The number of hydrogen-bond acceptors (Lipinski definition) is 7. The van der Waals surface area contributed by atoms with Crippen LogP contribution in [0.5, 0.6) is 5.75 Å². The summed E-state index contributed by atoms with van der Waals surface area (Å²) in [5.74, 6) is -1.46. The molecule has 0 heterocycles. The van der Waals surface area contributed by atoms with Crippen molar-refractivity contribution >= 4 is 33.2 Å². The number of carbonyl (C=O) groups is 2. The van der Waals surface area contributed by atoms with Crippen LogP contribution in [0.1, 0.15) is 12.5 Å². The molecule has 2 rings (SSSR count). The van der Waals surface area contributed by atoms with E-state index in [0.29, 0.717) is 5.69 Å². The number of sulfonamides is 1. The van der Waals surface area contributed by atoms with Crippen LogP contribution in [0.15, 0.2) is 47.4 Å². The lowest BCUT2D eigenvalue weighted by atomic mass is 10.1. The normalized spacial score (nSPS) is 10.9. The Labute approximate surface area is 172 Å². The number of carbonyl (C=O) groups excluding carboxylic acids is 2. The van der Waals surface area contributed by atoms with Gasteiger partial charge >= 0.3 is 5.69 Å². The van der Waals surface area contributed by atoms with Gasteiger partial charge in [-0.1, -0.05) is 25.1 Å². The van der Waals surface area contributed by atoms with E-state index in [0.717, 1.165) is 30.2 Å². The predicted molar refractivity (Wildman–Crippen MR) is 107 cm³/mol. The van der Waals surface area contributed by atoms with Crippen molar-refractivity contribution in [2.75, 3.05) is 18.5 Å². The number of para-hydroxylation sites is 1. The fourth-order valence-corrected chi connectivity index (χ4v) is 2.99. The van der Waals surface area contributed by atoms with Gasteiger partial charge in [0.2, 0.25) is 15.9 Å². The van der Waals surface area contributed by atoms with Gasteiger partial charge in [0, 0.05) is 11.8 Å². The molecular formula is C18H20N4O7S. The quantitative estimate of drug-likeness (QED) is 0.388. The summed E-state index contributed by atoms with van der Waals surface area (Å²) in [5.41, 5.74) is 0.917. The zero-order valence-electron chi connectivity index (χ0n) is 16.0. The van der Waals surface area contributed by atoms with Crippen molar-refractivity contribution in [2.24, 2.45) is 5.14 Å². The molecule has 0 saturated carbocycles. The number of nitrogens with zero attached hydrogens (tertiary/aromatic N) is 1. The highest BCUT2D eigenvalue weighted by atomic mass is 32.2. The number of rotatable bonds is 9. The molecule has 0 aromatic heterocycles. The first-order valence-corrected chi connectivity index (χ1v) is 10.2. The predicted octanol–water partition coefficient (Wildman–Crippen LogP) is 0.938. The Morgan fingerprint density at radius 3 is 2.50 bits per heavy atom. The van der Waals surface area contributed by atoms with Gasteiger partial charge in [0.05, 0.1) is 16.4 Å². The minimum Gasteiger partial charge on any atom is -0.477 e. The van der Waals surface area contributed by atoms with Gasteiger partial charge in [0.1, 0.15) is 0 Å². The van der Waals surface area contributed by atoms with E-state index in [1.54, 1.807) is 12.1 Å². The van der Waals surface area contributed by atoms with Gasteiger partial charge in [-0.3, -0.25) is 19.7 Å². The van der Waals surface area contributed by atoms with Gasteiger partial charge in [0.15, 0.2) is 12.4 Å². The van der Waals surface area contributed by atoms with Crippen molar-refractivity contribution < 1.29 is 27.7 Å². The van der Waals surface area contributed by atoms with E-state index in [1.807, 2.05) is 19.1 Å². The average Bonchev–Trinajstić information content (AvgIpc) is 2.70. The molecule has 0 radical (unpaired) electrons. The summed E-state index contributed by atoms with van der Waals surface area (Å²) in [6, 6.07) is 10.0. The summed E-state index contributed by atoms with van der Waals surface area (Å²) in [6.07, 6.45) is 0.722. The Kier molecular flexibility index (Phi) is 7.44. The second-order valence-electron chi connectivity index (χ2n) is 6.06. The molecule has 0 aliphatic heterocycles. The number of hydrogen-bond donors (Lipinski definition) is 3. The number of primary sulfonamides is 1. The van der Waals surface area contributed by atoms with Crippen molar-refractivity contribution in [3.05, 3.63) is 58.1 Å². The van der Waals surface area contributed by atoms with E-state index in [1.165, 1.54) is 0 Å². The minimum atomic E-state index is -4.14. The molecule has 0 atom stereocenters. The van der Waals surface area contributed by atoms with Crippen LogP contribution in [0, 0.1) is 10.1 Å². The number of anilines is 1. The molecule has 0 aliphatic rings. The SMILES string of the molecule is CCc1ccccc1NC(=O)CNC(=O)COc1ccc(S(N)(=O)=O)cc1[N+](=O)[O-]. The van der Waals surface area contributed by atoms with E-state index in [4.69, 9.17) is 9.88 Å². The first-order chi connectivity index (χ1) is 14.1. The third kappa shape index (κ3) is 6.25. The highest BCUT2D eigenvalue weighted by Gasteiger charge is 2.21. The highest BCUT2D eigenvalue weighted by molar-refractivity contribution is 7.89. The van der Waals surface area contributed by atoms with Crippen LogP contribution in [-0.4, -0.2) is 38.3 Å². The molecule has 0 unspecified atom stereocenters. The van der Waals surface area contributed by atoms with E-state index in [-0.39, 0.29) is 12.3 Å².